The molecule has 100 valence electrons. The number of benzene rings is 1. The fourth-order valence-corrected chi connectivity index (χ4v) is 2.37. The maximum atomic E-state index is 11.8. The second-order valence-corrected chi connectivity index (χ2v) is 5.80. The van der Waals surface area contributed by atoms with Crippen molar-refractivity contribution >= 4 is 33.6 Å². The van der Waals surface area contributed by atoms with Crippen molar-refractivity contribution in [2.45, 2.75) is 18.1 Å². The molecule has 1 aromatic carbocycles. The van der Waals surface area contributed by atoms with Crippen LogP contribution in [-0.4, -0.2) is 26.8 Å². The lowest BCUT2D eigenvalue weighted by Crippen LogP contribution is -2.28. The first-order valence-corrected chi connectivity index (χ1v) is 7.46. The zero-order valence-corrected chi connectivity index (χ0v) is 12.7. The Kier molecular flexibility index (Phi) is 4.98. The number of hydrogen-bond acceptors (Lipinski definition) is 4. The summed E-state index contributed by atoms with van der Waals surface area (Å²) in [6.07, 6.45) is 1.42. The van der Waals surface area contributed by atoms with Gasteiger partial charge < -0.3 is 5.32 Å². The van der Waals surface area contributed by atoms with Crippen LogP contribution in [0.2, 0.25) is 0 Å². The Morgan fingerprint density at radius 1 is 1.47 bits per heavy atom. The van der Waals surface area contributed by atoms with E-state index in [2.05, 4.69) is 36.4 Å². The lowest BCUT2D eigenvalue weighted by atomic mass is 10.1. The van der Waals surface area contributed by atoms with Crippen LogP contribution < -0.4 is 5.32 Å². The molecule has 19 heavy (non-hydrogen) atoms. The highest BCUT2D eigenvalue weighted by Gasteiger charge is 2.10. The average molecular weight is 341 g/mol. The van der Waals surface area contributed by atoms with Gasteiger partial charge in [-0.1, -0.05) is 39.8 Å². The Labute approximate surface area is 123 Å². The number of amides is 1. The highest BCUT2D eigenvalue weighted by molar-refractivity contribution is 9.10. The van der Waals surface area contributed by atoms with Gasteiger partial charge in [0.15, 0.2) is 5.16 Å². The molecule has 2 rings (SSSR count). The molecule has 0 aliphatic carbocycles. The maximum absolute atomic E-state index is 11.8. The van der Waals surface area contributed by atoms with Crippen molar-refractivity contribution < 1.29 is 4.79 Å². The standard InChI is InChI=1S/C12H13BrN4OS/c1-8(9-2-4-10(13)5-3-9)16-11(18)6-19-12-14-7-15-17-12/h2-5,7-8H,6H2,1H3,(H,16,18)(H,14,15,17)/t8-/m0/s1. The zero-order valence-electron chi connectivity index (χ0n) is 10.3. The topological polar surface area (TPSA) is 70.7 Å². The Morgan fingerprint density at radius 3 is 2.84 bits per heavy atom. The van der Waals surface area contributed by atoms with Gasteiger partial charge in [-0.15, -0.1) is 0 Å². The van der Waals surface area contributed by atoms with E-state index in [1.807, 2.05) is 31.2 Å². The van der Waals surface area contributed by atoms with Crippen molar-refractivity contribution in [1.29, 1.82) is 0 Å². The number of thioether (sulfide) groups is 1. The molecule has 2 N–H and O–H groups in total. The van der Waals surface area contributed by atoms with E-state index in [-0.39, 0.29) is 11.9 Å². The van der Waals surface area contributed by atoms with Crippen molar-refractivity contribution in [2.24, 2.45) is 0 Å². The minimum absolute atomic E-state index is 0.0177. The Morgan fingerprint density at radius 2 is 2.21 bits per heavy atom. The number of nitrogens with one attached hydrogen (secondary N) is 2. The molecule has 0 spiro atoms. The van der Waals surface area contributed by atoms with E-state index in [4.69, 9.17) is 0 Å². The molecule has 0 saturated carbocycles. The first-order chi connectivity index (χ1) is 9.15. The van der Waals surface area contributed by atoms with Crippen LogP contribution in [0.5, 0.6) is 0 Å². The molecule has 0 aliphatic rings. The quantitative estimate of drug-likeness (QED) is 0.820. The molecule has 0 unspecified atom stereocenters. The normalized spacial score (nSPS) is 12.1. The molecule has 0 bridgehead atoms. The van der Waals surface area contributed by atoms with Gasteiger partial charge in [-0.25, -0.2) is 4.98 Å². The molecule has 1 heterocycles. The van der Waals surface area contributed by atoms with Gasteiger partial charge in [-0.05, 0) is 24.6 Å². The average Bonchev–Trinajstić information content (AvgIpc) is 2.90. The summed E-state index contributed by atoms with van der Waals surface area (Å²) in [7, 11) is 0. The van der Waals surface area contributed by atoms with E-state index in [1.54, 1.807) is 0 Å². The minimum Gasteiger partial charge on any atom is -0.349 e. The van der Waals surface area contributed by atoms with Crippen LogP contribution in [0, 0.1) is 0 Å². The van der Waals surface area contributed by atoms with Gasteiger partial charge in [0.1, 0.15) is 6.33 Å². The van der Waals surface area contributed by atoms with Gasteiger partial charge in [-0.2, -0.15) is 5.10 Å². The Bertz CT molecular complexity index is 529. The SMILES string of the molecule is C[C@H](NC(=O)CSc1ncn[nH]1)c1ccc(Br)cc1. The summed E-state index contributed by atoms with van der Waals surface area (Å²) < 4.78 is 1.02. The van der Waals surface area contributed by atoms with E-state index in [0.717, 1.165) is 10.0 Å². The van der Waals surface area contributed by atoms with Gasteiger partial charge in [0.05, 0.1) is 11.8 Å². The summed E-state index contributed by atoms with van der Waals surface area (Å²) in [5.41, 5.74) is 1.07. The van der Waals surface area contributed by atoms with Crippen molar-refractivity contribution in [3.05, 3.63) is 40.6 Å². The highest BCUT2D eigenvalue weighted by atomic mass is 79.9. The summed E-state index contributed by atoms with van der Waals surface area (Å²) in [5.74, 6) is 0.285. The summed E-state index contributed by atoms with van der Waals surface area (Å²) >= 11 is 4.71. The third-order valence-electron chi connectivity index (χ3n) is 2.48. The van der Waals surface area contributed by atoms with Crippen LogP contribution >= 0.6 is 27.7 Å². The van der Waals surface area contributed by atoms with Crippen LogP contribution in [0.1, 0.15) is 18.5 Å². The van der Waals surface area contributed by atoms with Crippen molar-refractivity contribution in [3.8, 4) is 0 Å². The van der Waals surface area contributed by atoms with Crippen molar-refractivity contribution in [1.82, 2.24) is 20.5 Å². The highest BCUT2D eigenvalue weighted by Crippen LogP contribution is 2.17. The smallest absolute Gasteiger partial charge is 0.230 e. The van der Waals surface area contributed by atoms with Gasteiger partial charge in [0.2, 0.25) is 5.91 Å². The molecule has 5 nitrogen and oxygen atoms in total. The first kappa shape index (κ1) is 14.1. The van der Waals surface area contributed by atoms with Crippen LogP contribution in [0.3, 0.4) is 0 Å². The minimum atomic E-state index is -0.0307. The Hall–Kier alpha value is -1.34. The molecule has 0 radical (unpaired) electrons. The number of hydrogen-bond donors (Lipinski definition) is 2. The third kappa shape index (κ3) is 4.36. The zero-order chi connectivity index (χ0) is 13.7. The number of nitrogens with zero attached hydrogens (tertiary/aromatic N) is 2. The van der Waals surface area contributed by atoms with E-state index < -0.39 is 0 Å². The molecule has 0 fully saturated rings. The summed E-state index contributed by atoms with van der Waals surface area (Å²) in [5, 5.41) is 10.0. The number of carbonyl (C=O) groups excluding carboxylic acids is 1. The molecule has 2 aromatic rings. The molecule has 0 saturated heterocycles. The van der Waals surface area contributed by atoms with Gasteiger partial charge in [0.25, 0.3) is 0 Å². The second kappa shape index (κ2) is 6.72. The number of aromatic nitrogens is 3. The number of rotatable bonds is 5. The predicted molar refractivity (Wildman–Crippen MR) is 77.8 cm³/mol. The van der Waals surface area contributed by atoms with Crippen LogP contribution in [0.25, 0.3) is 0 Å². The largest absolute Gasteiger partial charge is 0.349 e. The Balaban J connectivity index is 1.83. The molecule has 1 amide bonds. The van der Waals surface area contributed by atoms with Crippen molar-refractivity contribution in [2.75, 3.05) is 5.75 Å². The van der Waals surface area contributed by atoms with E-state index >= 15 is 0 Å². The number of carbonyl (C=O) groups is 1. The van der Waals surface area contributed by atoms with Gasteiger partial charge in [-0.3, -0.25) is 9.89 Å². The van der Waals surface area contributed by atoms with Gasteiger partial charge >= 0.3 is 0 Å². The van der Waals surface area contributed by atoms with Crippen molar-refractivity contribution in [3.63, 3.8) is 0 Å². The fourth-order valence-electron chi connectivity index (χ4n) is 1.52. The van der Waals surface area contributed by atoms with Crippen LogP contribution in [0.4, 0.5) is 0 Å². The maximum Gasteiger partial charge on any atom is 0.230 e. The second-order valence-electron chi connectivity index (χ2n) is 3.92. The molecule has 0 aliphatic heterocycles. The van der Waals surface area contributed by atoms with Gasteiger partial charge in [0, 0.05) is 4.47 Å². The number of aromatic amines is 1. The molecule has 1 atom stereocenters. The lowest BCUT2D eigenvalue weighted by Gasteiger charge is -2.14. The summed E-state index contributed by atoms with van der Waals surface area (Å²) in [6, 6.07) is 7.87. The van der Waals surface area contributed by atoms with E-state index in [1.165, 1.54) is 18.1 Å². The first-order valence-electron chi connectivity index (χ1n) is 5.68. The van der Waals surface area contributed by atoms with E-state index in [0.29, 0.717) is 10.9 Å². The molecular weight excluding hydrogens is 328 g/mol. The summed E-state index contributed by atoms with van der Waals surface area (Å²) in [6.45, 7) is 1.96. The molecule has 7 heteroatoms. The monoisotopic (exact) mass is 340 g/mol. The summed E-state index contributed by atoms with van der Waals surface area (Å²) in [4.78, 5) is 15.7. The number of halogens is 1. The molecule has 1 aromatic heterocycles. The fraction of sp³-hybridized carbons (Fsp3) is 0.250. The van der Waals surface area contributed by atoms with Crippen LogP contribution in [0.15, 0.2) is 40.2 Å². The third-order valence-corrected chi connectivity index (χ3v) is 3.89. The molecular formula is C12H13BrN4OS. The van der Waals surface area contributed by atoms with Crippen LogP contribution in [-0.2, 0) is 4.79 Å². The number of H-pyrrole nitrogens is 1. The van der Waals surface area contributed by atoms with E-state index in [9.17, 15) is 4.79 Å². The predicted octanol–water partition coefficient (Wildman–Crippen LogP) is 2.54. The lowest BCUT2D eigenvalue weighted by molar-refractivity contribution is -0.119.